The minimum Gasteiger partial charge on any atom is -0.334 e. The average Bonchev–Trinajstić information content (AvgIpc) is 3.33. The molecule has 3 aromatic carbocycles. The Bertz CT molecular complexity index is 1380. The molecule has 1 unspecified atom stereocenters. The van der Waals surface area contributed by atoms with Crippen LogP contribution in [-0.4, -0.2) is 21.1 Å². The molecule has 5 rings (SSSR count). The zero-order valence-corrected chi connectivity index (χ0v) is 19.6. The van der Waals surface area contributed by atoms with Crippen molar-refractivity contribution in [3.8, 4) is 11.4 Å². The zero-order valence-electron chi connectivity index (χ0n) is 18.8. The minimum absolute atomic E-state index is 0.197. The molecule has 34 heavy (non-hydrogen) atoms. The number of aryl methyl sites for hydroxylation is 1. The molecule has 0 aliphatic carbocycles. The fourth-order valence-corrected chi connectivity index (χ4v) is 4.38. The Hall–Kier alpha value is -3.90. The van der Waals surface area contributed by atoms with E-state index in [2.05, 4.69) is 10.5 Å². The molecule has 7 heteroatoms. The highest BCUT2D eigenvalue weighted by molar-refractivity contribution is 6.30. The highest BCUT2D eigenvalue weighted by atomic mass is 35.5. The number of nitrogens with one attached hydrogen (secondary N) is 1. The quantitative estimate of drug-likeness (QED) is 0.366. The molecule has 1 aromatic heterocycles. The van der Waals surface area contributed by atoms with Crippen molar-refractivity contribution in [2.45, 2.75) is 26.4 Å². The van der Waals surface area contributed by atoms with Crippen molar-refractivity contribution in [1.82, 2.24) is 20.4 Å². The number of hydrogen-bond donors (Lipinski definition) is 1. The number of amides is 2. The monoisotopic (exact) mass is 470 g/mol. The summed E-state index contributed by atoms with van der Waals surface area (Å²) < 4.78 is 5.74. The van der Waals surface area contributed by atoms with Gasteiger partial charge in [-0.05, 0) is 42.7 Å². The molecule has 1 atom stereocenters. The molecule has 0 bridgehead atoms. The predicted molar refractivity (Wildman–Crippen MR) is 132 cm³/mol. The molecule has 2 amide bonds. The number of rotatable bonds is 5. The van der Waals surface area contributed by atoms with Gasteiger partial charge < -0.3 is 9.84 Å². The van der Waals surface area contributed by atoms with Gasteiger partial charge in [0.25, 0.3) is 5.89 Å². The standard InChI is InChI=1S/C27H23ClN4O2/c1-17-9-6-7-12-21(17)16-32-18(2)23(24(29-27(32)33)20-13-8-14-22(28)15-20)26-30-25(31-34-26)19-10-4-3-5-11-19/h3-15,24H,16H2,1-2H3,(H,29,33). The number of halogens is 1. The van der Waals surface area contributed by atoms with Crippen molar-refractivity contribution in [2.24, 2.45) is 0 Å². The Kier molecular flexibility index (Phi) is 5.90. The first-order valence-electron chi connectivity index (χ1n) is 11.0. The van der Waals surface area contributed by atoms with E-state index in [9.17, 15) is 4.79 Å². The third-order valence-corrected chi connectivity index (χ3v) is 6.29. The second-order valence-corrected chi connectivity index (χ2v) is 8.67. The largest absolute Gasteiger partial charge is 0.334 e. The van der Waals surface area contributed by atoms with Crippen molar-refractivity contribution in [3.05, 3.63) is 112 Å². The van der Waals surface area contributed by atoms with E-state index < -0.39 is 6.04 Å². The van der Waals surface area contributed by atoms with Crippen LogP contribution in [0.15, 0.2) is 89.1 Å². The van der Waals surface area contributed by atoms with Gasteiger partial charge in [-0.15, -0.1) is 0 Å². The van der Waals surface area contributed by atoms with Crippen molar-refractivity contribution < 1.29 is 9.32 Å². The molecule has 1 aliphatic rings. The van der Waals surface area contributed by atoms with Crippen LogP contribution in [-0.2, 0) is 6.54 Å². The molecule has 2 heterocycles. The topological polar surface area (TPSA) is 71.3 Å². The van der Waals surface area contributed by atoms with Crippen molar-refractivity contribution in [3.63, 3.8) is 0 Å². The first kappa shape index (κ1) is 21.9. The van der Waals surface area contributed by atoms with Crippen LogP contribution in [0.25, 0.3) is 17.0 Å². The third-order valence-electron chi connectivity index (χ3n) is 6.06. The summed E-state index contributed by atoms with van der Waals surface area (Å²) in [7, 11) is 0. The molecule has 6 nitrogen and oxygen atoms in total. The van der Waals surface area contributed by atoms with Crippen LogP contribution in [0.2, 0.25) is 5.02 Å². The predicted octanol–water partition coefficient (Wildman–Crippen LogP) is 6.40. The van der Waals surface area contributed by atoms with Crippen LogP contribution in [0.3, 0.4) is 0 Å². The van der Waals surface area contributed by atoms with Gasteiger partial charge in [0.2, 0.25) is 5.82 Å². The molecule has 0 spiro atoms. The van der Waals surface area contributed by atoms with Crippen molar-refractivity contribution >= 4 is 23.2 Å². The van der Waals surface area contributed by atoms with Gasteiger partial charge in [-0.3, -0.25) is 4.90 Å². The van der Waals surface area contributed by atoms with Crippen LogP contribution in [0, 0.1) is 6.92 Å². The summed E-state index contributed by atoms with van der Waals surface area (Å²) in [6, 6.07) is 24.4. The zero-order chi connectivity index (χ0) is 23.7. The lowest BCUT2D eigenvalue weighted by Crippen LogP contribution is -2.45. The first-order chi connectivity index (χ1) is 16.5. The number of allylic oxidation sites excluding steroid dienone is 1. The molecular formula is C27H23ClN4O2. The van der Waals surface area contributed by atoms with E-state index >= 15 is 0 Å². The second kappa shape index (κ2) is 9.15. The number of aromatic nitrogens is 2. The van der Waals surface area contributed by atoms with Gasteiger partial charge in [0, 0.05) is 16.3 Å². The van der Waals surface area contributed by atoms with Crippen LogP contribution < -0.4 is 5.32 Å². The van der Waals surface area contributed by atoms with Crippen LogP contribution in [0.1, 0.15) is 35.5 Å². The van der Waals surface area contributed by atoms with Crippen LogP contribution >= 0.6 is 11.6 Å². The Labute approximate surface area is 202 Å². The Morgan fingerprint density at radius 1 is 1.00 bits per heavy atom. The van der Waals surface area contributed by atoms with E-state index in [0.29, 0.717) is 23.3 Å². The minimum atomic E-state index is -0.483. The lowest BCUT2D eigenvalue weighted by atomic mass is 9.94. The summed E-state index contributed by atoms with van der Waals surface area (Å²) in [5.74, 6) is 0.846. The number of benzene rings is 3. The molecule has 0 saturated heterocycles. The maximum Gasteiger partial charge on any atom is 0.322 e. The van der Waals surface area contributed by atoms with Crippen molar-refractivity contribution in [1.29, 1.82) is 0 Å². The lowest BCUT2D eigenvalue weighted by Gasteiger charge is -2.35. The highest BCUT2D eigenvalue weighted by Crippen LogP contribution is 2.38. The summed E-state index contributed by atoms with van der Waals surface area (Å²) in [4.78, 5) is 19.7. The first-order valence-corrected chi connectivity index (χ1v) is 11.4. The molecule has 0 radical (unpaired) electrons. The Morgan fingerprint density at radius 3 is 2.53 bits per heavy atom. The number of carbonyl (C=O) groups is 1. The Morgan fingerprint density at radius 2 is 1.76 bits per heavy atom. The van der Waals surface area contributed by atoms with Crippen LogP contribution in [0.4, 0.5) is 4.79 Å². The third kappa shape index (κ3) is 4.20. The summed E-state index contributed by atoms with van der Waals surface area (Å²) in [5, 5.41) is 7.91. The number of nitrogens with zero attached hydrogens (tertiary/aromatic N) is 3. The van der Waals surface area contributed by atoms with Gasteiger partial charge in [-0.25, -0.2) is 4.79 Å². The van der Waals surface area contributed by atoms with Gasteiger partial charge in [0.05, 0.1) is 18.2 Å². The molecule has 170 valence electrons. The Balaban J connectivity index is 1.62. The molecule has 1 aliphatic heterocycles. The second-order valence-electron chi connectivity index (χ2n) is 8.24. The van der Waals surface area contributed by atoms with E-state index in [4.69, 9.17) is 21.1 Å². The van der Waals surface area contributed by atoms with E-state index in [0.717, 1.165) is 33.5 Å². The number of carbonyl (C=O) groups excluding carboxylic acids is 1. The molecule has 4 aromatic rings. The fourth-order valence-electron chi connectivity index (χ4n) is 4.18. The lowest BCUT2D eigenvalue weighted by molar-refractivity contribution is 0.203. The normalized spacial score (nSPS) is 16.0. The molecular weight excluding hydrogens is 448 g/mol. The fraction of sp³-hybridized carbons (Fsp3) is 0.148. The summed E-state index contributed by atoms with van der Waals surface area (Å²) in [6.45, 7) is 4.38. The maximum absolute atomic E-state index is 13.3. The average molecular weight is 471 g/mol. The van der Waals surface area contributed by atoms with Gasteiger partial charge in [-0.1, -0.05) is 83.5 Å². The smallest absolute Gasteiger partial charge is 0.322 e. The van der Waals surface area contributed by atoms with Crippen molar-refractivity contribution in [2.75, 3.05) is 0 Å². The van der Waals surface area contributed by atoms with Gasteiger partial charge in [-0.2, -0.15) is 4.98 Å². The number of hydrogen-bond acceptors (Lipinski definition) is 4. The van der Waals surface area contributed by atoms with E-state index in [-0.39, 0.29) is 6.03 Å². The maximum atomic E-state index is 13.3. The SMILES string of the molecule is CC1=C(c2nc(-c3ccccc3)no2)C(c2cccc(Cl)c2)NC(=O)N1Cc1ccccc1C. The molecule has 1 N–H and O–H groups in total. The van der Waals surface area contributed by atoms with Gasteiger partial charge >= 0.3 is 6.03 Å². The number of urea groups is 1. The van der Waals surface area contributed by atoms with E-state index in [1.54, 1.807) is 11.0 Å². The van der Waals surface area contributed by atoms with E-state index in [1.165, 1.54) is 0 Å². The summed E-state index contributed by atoms with van der Waals surface area (Å²) >= 11 is 6.28. The molecule has 0 fully saturated rings. The van der Waals surface area contributed by atoms with Gasteiger partial charge in [0.1, 0.15) is 0 Å². The van der Waals surface area contributed by atoms with Crippen LogP contribution in [0.5, 0.6) is 0 Å². The van der Waals surface area contributed by atoms with Gasteiger partial charge in [0.15, 0.2) is 0 Å². The summed E-state index contributed by atoms with van der Waals surface area (Å²) in [6.07, 6.45) is 0. The molecule has 0 saturated carbocycles. The summed E-state index contributed by atoms with van der Waals surface area (Å²) in [5.41, 5.74) is 5.36. The highest BCUT2D eigenvalue weighted by Gasteiger charge is 2.36. The van der Waals surface area contributed by atoms with E-state index in [1.807, 2.05) is 86.6 Å².